The van der Waals surface area contributed by atoms with Crippen LogP contribution in [0.15, 0.2) is 23.1 Å². The van der Waals surface area contributed by atoms with Gasteiger partial charge in [0.25, 0.3) is 0 Å². The largest absolute Gasteiger partial charge is 0.496 e. The lowest BCUT2D eigenvalue weighted by molar-refractivity contribution is -0.136. The molecule has 0 bridgehead atoms. The Kier molecular flexibility index (Phi) is 5.20. The minimum absolute atomic E-state index is 0.00781. The highest BCUT2D eigenvalue weighted by Gasteiger charge is 2.34. The van der Waals surface area contributed by atoms with Crippen LogP contribution in [0.5, 0.6) is 5.75 Å². The second-order valence-electron chi connectivity index (χ2n) is 4.88. The topological polar surface area (TPSA) is 117 Å². The van der Waals surface area contributed by atoms with E-state index < -0.39 is 22.0 Å². The van der Waals surface area contributed by atoms with Crippen molar-refractivity contribution in [2.45, 2.75) is 17.4 Å². The van der Waals surface area contributed by atoms with E-state index in [-0.39, 0.29) is 36.6 Å². The van der Waals surface area contributed by atoms with Crippen molar-refractivity contribution in [2.24, 2.45) is 0 Å². The van der Waals surface area contributed by atoms with E-state index in [1.165, 1.54) is 25.3 Å². The number of rotatable bonds is 5. The zero-order chi connectivity index (χ0) is 17.0. The Bertz CT molecular complexity index is 740. The Balaban J connectivity index is 2.43. The van der Waals surface area contributed by atoms with Crippen molar-refractivity contribution >= 4 is 16.0 Å². The molecule has 8 nitrogen and oxygen atoms in total. The van der Waals surface area contributed by atoms with E-state index >= 15 is 0 Å². The fraction of sp³-hybridized carbons (Fsp3) is 0.429. The third kappa shape index (κ3) is 3.61. The van der Waals surface area contributed by atoms with E-state index in [0.717, 1.165) is 4.31 Å². The summed E-state index contributed by atoms with van der Waals surface area (Å²) in [5.74, 6) is -0.802. The summed E-state index contributed by atoms with van der Waals surface area (Å²) in [6.07, 6.45) is -0.364. The van der Waals surface area contributed by atoms with Crippen LogP contribution in [0, 0.1) is 11.3 Å². The molecule has 1 fully saturated rings. The molecule has 1 heterocycles. The van der Waals surface area contributed by atoms with Gasteiger partial charge in [-0.3, -0.25) is 4.79 Å². The third-order valence-corrected chi connectivity index (χ3v) is 5.33. The number of benzene rings is 1. The number of aliphatic carboxylic acids is 1. The lowest BCUT2D eigenvalue weighted by atomic mass is 10.1. The van der Waals surface area contributed by atoms with Gasteiger partial charge in [0.2, 0.25) is 10.0 Å². The summed E-state index contributed by atoms with van der Waals surface area (Å²) in [5.41, 5.74) is 0.253. The van der Waals surface area contributed by atoms with E-state index in [1.807, 2.05) is 6.07 Å². The highest BCUT2D eigenvalue weighted by atomic mass is 32.2. The van der Waals surface area contributed by atoms with Crippen molar-refractivity contribution in [3.05, 3.63) is 23.8 Å². The number of hydrogen-bond acceptors (Lipinski definition) is 6. The van der Waals surface area contributed by atoms with Gasteiger partial charge < -0.3 is 14.6 Å². The number of carbonyl (C=O) groups is 1. The molecule has 0 spiro atoms. The van der Waals surface area contributed by atoms with Gasteiger partial charge in [-0.2, -0.15) is 9.57 Å². The summed E-state index contributed by atoms with van der Waals surface area (Å²) in [6.45, 7) is 0.282. The minimum Gasteiger partial charge on any atom is -0.496 e. The number of nitriles is 1. The quantitative estimate of drug-likeness (QED) is 0.815. The first-order valence-electron chi connectivity index (χ1n) is 6.78. The van der Waals surface area contributed by atoms with E-state index in [9.17, 15) is 13.2 Å². The van der Waals surface area contributed by atoms with Gasteiger partial charge in [0.1, 0.15) is 11.8 Å². The predicted molar refractivity (Wildman–Crippen MR) is 78.4 cm³/mol. The fourth-order valence-corrected chi connectivity index (χ4v) is 3.89. The number of ether oxygens (including phenoxy) is 2. The van der Waals surface area contributed by atoms with Crippen LogP contribution in [0.3, 0.4) is 0 Å². The van der Waals surface area contributed by atoms with Gasteiger partial charge in [-0.25, -0.2) is 8.42 Å². The molecule has 1 atom stereocenters. The van der Waals surface area contributed by atoms with Crippen molar-refractivity contribution in [1.29, 1.82) is 5.26 Å². The smallest absolute Gasteiger partial charge is 0.307 e. The molecule has 1 saturated heterocycles. The summed E-state index contributed by atoms with van der Waals surface area (Å²) in [6, 6.07) is 5.01. The third-order valence-electron chi connectivity index (χ3n) is 3.43. The first-order valence-corrected chi connectivity index (χ1v) is 8.22. The molecule has 9 heteroatoms. The first-order chi connectivity index (χ1) is 10.9. The van der Waals surface area contributed by atoms with Crippen LogP contribution in [-0.4, -0.2) is 56.7 Å². The first kappa shape index (κ1) is 17.2. The van der Waals surface area contributed by atoms with Crippen molar-refractivity contribution in [2.75, 3.05) is 26.9 Å². The highest BCUT2D eigenvalue weighted by Crippen LogP contribution is 2.26. The molecule has 0 amide bonds. The Morgan fingerprint density at radius 2 is 2.30 bits per heavy atom. The molecule has 1 aromatic rings. The summed E-state index contributed by atoms with van der Waals surface area (Å²) in [5, 5.41) is 18.0. The molecule has 0 aromatic heterocycles. The molecule has 1 aromatic carbocycles. The Hall–Kier alpha value is -2.15. The van der Waals surface area contributed by atoms with Gasteiger partial charge in [-0.15, -0.1) is 0 Å². The van der Waals surface area contributed by atoms with Crippen LogP contribution < -0.4 is 4.74 Å². The van der Waals surface area contributed by atoms with Crippen molar-refractivity contribution in [3.8, 4) is 11.8 Å². The van der Waals surface area contributed by atoms with Crippen LogP contribution in [0.4, 0.5) is 0 Å². The monoisotopic (exact) mass is 340 g/mol. The minimum atomic E-state index is -3.92. The molecule has 0 aliphatic carbocycles. The Labute approximate surface area is 133 Å². The molecule has 0 radical (unpaired) electrons. The molecule has 0 saturated carbocycles. The van der Waals surface area contributed by atoms with E-state index in [2.05, 4.69) is 0 Å². The second-order valence-corrected chi connectivity index (χ2v) is 6.77. The number of hydrogen-bond donors (Lipinski definition) is 1. The van der Waals surface area contributed by atoms with Gasteiger partial charge in [0.05, 0.1) is 37.7 Å². The Morgan fingerprint density at radius 3 is 2.91 bits per heavy atom. The van der Waals surface area contributed by atoms with Crippen LogP contribution in [0.1, 0.15) is 5.56 Å². The lowest BCUT2D eigenvalue weighted by Gasteiger charge is -2.30. The summed E-state index contributed by atoms with van der Waals surface area (Å²) >= 11 is 0. The molecule has 1 aliphatic rings. The van der Waals surface area contributed by atoms with E-state index in [4.69, 9.17) is 19.8 Å². The maximum absolute atomic E-state index is 12.7. The van der Waals surface area contributed by atoms with E-state index in [0.29, 0.717) is 5.75 Å². The molecule has 2 rings (SSSR count). The van der Waals surface area contributed by atoms with Crippen molar-refractivity contribution < 1.29 is 27.8 Å². The molecule has 1 aliphatic heterocycles. The highest BCUT2D eigenvalue weighted by molar-refractivity contribution is 7.89. The van der Waals surface area contributed by atoms with Gasteiger partial charge in [-0.1, -0.05) is 0 Å². The van der Waals surface area contributed by atoms with Crippen molar-refractivity contribution in [1.82, 2.24) is 4.31 Å². The number of sulfonamides is 1. The van der Waals surface area contributed by atoms with Crippen LogP contribution in [-0.2, 0) is 26.0 Å². The number of morpholine rings is 1. The van der Waals surface area contributed by atoms with Crippen molar-refractivity contribution in [3.63, 3.8) is 0 Å². The summed E-state index contributed by atoms with van der Waals surface area (Å²) in [7, 11) is -2.55. The predicted octanol–water partition coefficient (Wildman–Crippen LogP) is 0.235. The second kappa shape index (κ2) is 6.95. The number of carboxylic acid groups (broad SMARTS) is 1. The van der Waals surface area contributed by atoms with Gasteiger partial charge in [0.15, 0.2) is 0 Å². The van der Waals surface area contributed by atoms with Gasteiger partial charge >= 0.3 is 5.97 Å². The molecule has 124 valence electrons. The van der Waals surface area contributed by atoms with E-state index in [1.54, 1.807) is 0 Å². The zero-order valence-corrected chi connectivity index (χ0v) is 13.2. The maximum Gasteiger partial charge on any atom is 0.307 e. The van der Waals surface area contributed by atoms with Crippen LogP contribution >= 0.6 is 0 Å². The average Bonchev–Trinajstić information content (AvgIpc) is 2.54. The Morgan fingerprint density at radius 1 is 1.57 bits per heavy atom. The fourth-order valence-electron chi connectivity index (χ4n) is 2.33. The molecular weight excluding hydrogens is 324 g/mol. The lowest BCUT2D eigenvalue weighted by Crippen LogP contribution is -2.47. The molecule has 1 N–H and O–H groups in total. The normalized spacial score (nSPS) is 19.0. The van der Waals surface area contributed by atoms with Crippen LogP contribution in [0.25, 0.3) is 0 Å². The maximum atomic E-state index is 12.7. The van der Waals surface area contributed by atoms with Gasteiger partial charge in [-0.05, 0) is 18.2 Å². The van der Waals surface area contributed by atoms with Gasteiger partial charge in [0, 0.05) is 12.1 Å². The number of nitrogens with zero attached hydrogens (tertiary/aromatic N) is 2. The molecular formula is C14H16N2O6S. The number of methoxy groups -OCH3 is 1. The SMILES string of the molecule is COc1ccc(S(=O)(=O)N2CCOCC2C#N)cc1CC(=O)O. The summed E-state index contributed by atoms with van der Waals surface area (Å²) < 4.78 is 36.7. The summed E-state index contributed by atoms with van der Waals surface area (Å²) in [4.78, 5) is 10.9. The molecule has 1 unspecified atom stereocenters. The average molecular weight is 340 g/mol. The van der Waals surface area contributed by atoms with Crippen LogP contribution in [0.2, 0.25) is 0 Å². The number of carboxylic acids is 1. The zero-order valence-electron chi connectivity index (χ0n) is 12.4. The molecule has 23 heavy (non-hydrogen) atoms. The standard InChI is InChI=1S/C14H16N2O6S/c1-21-13-3-2-12(6-10(13)7-14(17)18)23(19,20)16-4-5-22-9-11(16)8-15/h2-3,6,11H,4-5,7,9H2,1H3,(H,17,18).